The lowest BCUT2D eigenvalue weighted by molar-refractivity contribution is -0.384. The molecule has 0 aliphatic carbocycles. The molecule has 0 amide bonds. The van der Waals surface area contributed by atoms with Crippen LogP contribution in [0.5, 0.6) is 0 Å². The number of aryl methyl sites for hydroxylation is 1. The molecule has 0 saturated carbocycles. The summed E-state index contributed by atoms with van der Waals surface area (Å²) in [7, 11) is 0. The number of nitrogens with two attached hydrogens (primary N) is 1. The molecule has 0 bridgehead atoms. The Labute approximate surface area is 217 Å². The summed E-state index contributed by atoms with van der Waals surface area (Å²) in [6.45, 7) is -0.202. The molecule has 3 heterocycles. The van der Waals surface area contributed by atoms with Crippen molar-refractivity contribution in [2.24, 2.45) is 0 Å². The second-order valence-corrected chi connectivity index (χ2v) is 15.8. The number of nitro benzene ring substituents is 1. The van der Waals surface area contributed by atoms with Crippen molar-refractivity contribution in [1.29, 1.82) is 0 Å². The molecule has 1 aromatic carbocycles. The number of imidazole rings is 1. The van der Waals surface area contributed by atoms with Gasteiger partial charge in [-0.15, -0.1) is 0 Å². The summed E-state index contributed by atoms with van der Waals surface area (Å²) in [4.78, 5) is 20.3. The molecule has 0 radical (unpaired) electrons. The van der Waals surface area contributed by atoms with Gasteiger partial charge in [-0.3, -0.25) is 14.7 Å². The Bertz CT molecular complexity index is 1280. The topological polar surface area (TPSA) is 172 Å². The van der Waals surface area contributed by atoms with Crippen LogP contribution in [-0.4, -0.2) is 65.3 Å². The number of aliphatic hydroxyl groups is 2. The summed E-state index contributed by atoms with van der Waals surface area (Å²) in [5, 5.41) is 32.1. The first-order valence-corrected chi connectivity index (χ1v) is 15.6. The Balaban J connectivity index is 1.48. The first kappa shape index (κ1) is 26.5. The van der Waals surface area contributed by atoms with E-state index in [4.69, 9.17) is 49.3 Å². The highest BCUT2D eigenvalue weighted by Crippen LogP contribution is 2.58. The molecule has 17 heteroatoms. The first-order chi connectivity index (χ1) is 16.5. The fraction of sp³-hybridized carbons (Fsp3) is 0.389. The second kappa shape index (κ2) is 10.8. The highest BCUT2D eigenvalue weighted by molar-refractivity contribution is 8.36. The quantitative estimate of drug-likeness (QED) is 0.111. The van der Waals surface area contributed by atoms with Crippen LogP contribution in [0.1, 0.15) is 11.8 Å². The Hall–Kier alpha value is -1.61. The molecule has 4 rings (SSSR count). The van der Waals surface area contributed by atoms with E-state index in [0.717, 1.165) is 5.56 Å². The van der Waals surface area contributed by atoms with Gasteiger partial charge in [-0.25, -0.2) is 15.0 Å². The maximum Gasteiger partial charge on any atom is 0.269 e. The SMILES string of the molecule is Nc1nc(SCCc2ccc([N+](=O)[O-])cc2)nc2c1ncn2[C@@H]1O[C@H](COP(=S)(Cl)Cl)[C@@H](O)[C@H]1O. The van der Waals surface area contributed by atoms with Gasteiger partial charge >= 0.3 is 0 Å². The van der Waals surface area contributed by atoms with Gasteiger partial charge in [0, 0.05) is 17.9 Å². The van der Waals surface area contributed by atoms with Crippen LogP contribution in [0.2, 0.25) is 0 Å². The Morgan fingerprint density at radius 1 is 1.29 bits per heavy atom. The number of halogens is 2. The van der Waals surface area contributed by atoms with Crippen LogP contribution in [0.15, 0.2) is 35.7 Å². The predicted molar refractivity (Wildman–Crippen MR) is 135 cm³/mol. The van der Waals surface area contributed by atoms with Gasteiger partial charge in [0.25, 0.3) is 5.69 Å². The van der Waals surface area contributed by atoms with Crippen molar-refractivity contribution < 1.29 is 24.4 Å². The molecule has 0 spiro atoms. The highest BCUT2D eigenvalue weighted by atomic mass is 35.9. The molecule has 3 aromatic rings. The molecule has 1 saturated heterocycles. The highest BCUT2D eigenvalue weighted by Gasteiger charge is 2.45. The molecule has 35 heavy (non-hydrogen) atoms. The van der Waals surface area contributed by atoms with Gasteiger partial charge < -0.3 is 25.2 Å². The molecule has 1 aliphatic heterocycles. The molecular formula is C18H19Cl2N6O6PS2. The fourth-order valence-electron chi connectivity index (χ4n) is 3.47. The number of aromatic nitrogens is 4. The zero-order chi connectivity index (χ0) is 25.3. The van der Waals surface area contributed by atoms with Crippen LogP contribution >= 0.6 is 39.2 Å². The van der Waals surface area contributed by atoms with Gasteiger partial charge in [0.2, 0.25) is 4.97 Å². The number of hydrogen-bond acceptors (Lipinski definition) is 12. The molecular weight excluding hydrogens is 562 g/mol. The van der Waals surface area contributed by atoms with Gasteiger partial charge in [-0.2, -0.15) is 0 Å². The van der Waals surface area contributed by atoms with Crippen molar-refractivity contribution in [3.05, 3.63) is 46.3 Å². The average Bonchev–Trinajstić information content (AvgIpc) is 3.34. The van der Waals surface area contributed by atoms with Crippen LogP contribution < -0.4 is 5.73 Å². The van der Waals surface area contributed by atoms with Gasteiger partial charge in [-0.1, -0.05) is 23.9 Å². The van der Waals surface area contributed by atoms with Crippen molar-refractivity contribution in [2.75, 3.05) is 18.1 Å². The molecule has 1 aliphatic rings. The number of non-ortho nitro benzene ring substituents is 1. The fourth-order valence-corrected chi connectivity index (χ4v) is 5.15. The summed E-state index contributed by atoms with van der Waals surface area (Å²) < 4.78 is 12.4. The standard InChI is InChI=1S/C18H19Cl2N6O6PS2/c19-33(20,34)31-7-11-13(27)14(28)17(32-11)25-8-22-12-15(21)23-18(24-16(12)25)35-6-5-9-1-3-10(4-2-9)26(29)30/h1-4,8,11,13-14,17,27-28H,5-7H2,(H2,21,23,24)/t11-,13-,14-,17-/m1/s1. The van der Waals surface area contributed by atoms with Crippen molar-refractivity contribution in [2.45, 2.75) is 36.1 Å². The van der Waals surface area contributed by atoms with Gasteiger partial charge in [-0.05, 0) is 46.3 Å². The summed E-state index contributed by atoms with van der Waals surface area (Å²) in [5.41, 5.74) is 7.64. The molecule has 188 valence electrons. The van der Waals surface area contributed by atoms with Gasteiger partial charge in [0.05, 0.1) is 17.9 Å². The summed E-state index contributed by atoms with van der Waals surface area (Å²) >= 11 is 17.6. The lowest BCUT2D eigenvalue weighted by Gasteiger charge is -2.17. The minimum Gasteiger partial charge on any atom is -0.387 e. The van der Waals surface area contributed by atoms with E-state index in [1.54, 1.807) is 12.1 Å². The number of ether oxygens (including phenoxy) is 1. The zero-order valence-corrected chi connectivity index (χ0v) is 21.7. The van der Waals surface area contributed by atoms with Gasteiger partial charge in [0.15, 0.2) is 22.8 Å². The number of nitro groups is 1. The lowest BCUT2D eigenvalue weighted by Crippen LogP contribution is -2.33. The number of benzene rings is 1. The zero-order valence-electron chi connectivity index (χ0n) is 17.7. The van der Waals surface area contributed by atoms with E-state index in [1.807, 2.05) is 0 Å². The molecule has 1 fully saturated rings. The normalized spacial score (nSPS) is 22.6. The number of anilines is 1. The summed E-state index contributed by atoms with van der Waals surface area (Å²) in [6, 6.07) is 6.30. The number of aliphatic hydroxyl groups excluding tert-OH is 2. The maximum atomic E-state index is 10.8. The first-order valence-electron chi connectivity index (χ1n) is 10.0. The van der Waals surface area contributed by atoms with Crippen LogP contribution in [0.25, 0.3) is 11.2 Å². The minimum absolute atomic E-state index is 0.0295. The summed E-state index contributed by atoms with van der Waals surface area (Å²) in [5.74, 6) is 0.727. The third-order valence-electron chi connectivity index (χ3n) is 5.20. The molecule has 2 aromatic heterocycles. The van der Waals surface area contributed by atoms with E-state index >= 15 is 0 Å². The number of nitrogens with zero attached hydrogens (tertiary/aromatic N) is 5. The van der Waals surface area contributed by atoms with E-state index in [-0.39, 0.29) is 18.1 Å². The van der Waals surface area contributed by atoms with E-state index in [9.17, 15) is 20.3 Å². The maximum absolute atomic E-state index is 10.8. The largest absolute Gasteiger partial charge is 0.387 e. The molecule has 0 unspecified atom stereocenters. The molecule has 4 N–H and O–H groups in total. The number of rotatable bonds is 9. The van der Waals surface area contributed by atoms with Crippen molar-refractivity contribution in [3.63, 3.8) is 0 Å². The predicted octanol–water partition coefficient (Wildman–Crippen LogP) is 2.99. The number of fused-ring (bicyclic) bond motifs is 1. The van der Waals surface area contributed by atoms with Crippen molar-refractivity contribution >= 4 is 73.7 Å². The smallest absolute Gasteiger partial charge is 0.269 e. The summed E-state index contributed by atoms with van der Waals surface area (Å²) in [6.07, 6.45) is -2.56. The molecule has 4 atom stereocenters. The van der Waals surface area contributed by atoms with E-state index < -0.39 is 34.4 Å². The van der Waals surface area contributed by atoms with Crippen molar-refractivity contribution in [3.8, 4) is 0 Å². The number of hydrogen-bond donors (Lipinski definition) is 3. The minimum atomic E-state index is -3.02. The number of nitrogen functional groups attached to an aromatic ring is 1. The molecule has 12 nitrogen and oxygen atoms in total. The van der Waals surface area contributed by atoms with Gasteiger partial charge in [0.1, 0.15) is 23.8 Å². The average molecular weight is 581 g/mol. The third kappa shape index (κ3) is 6.21. The Morgan fingerprint density at radius 2 is 2.00 bits per heavy atom. The third-order valence-corrected chi connectivity index (χ3v) is 7.40. The van der Waals surface area contributed by atoms with Crippen molar-refractivity contribution in [1.82, 2.24) is 19.5 Å². The van der Waals surface area contributed by atoms with Crippen LogP contribution in [0.4, 0.5) is 11.5 Å². The van der Waals surface area contributed by atoms with E-state index in [2.05, 4.69) is 15.0 Å². The lowest BCUT2D eigenvalue weighted by atomic mass is 10.1. The van der Waals surface area contributed by atoms with E-state index in [1.165, 1.54) is 34.8 Å². The van der Waals surface area contributed by atoms with Crippen LogP contribution in [0, 0.1) is 10.1 Å². The Kier molecular flexibility index (Phi) is 8.15. The van der Waals surface area contributed by atoms with Crippen LogP contribution in [0.3, 0.4) is 0 Å². The van der Waals surface area contributed by atoms with E-state index in [0.29, 0.717) is 28.5 Å². The van der Waals surface area contributed by atoms with Crippen LogP contribution in [-0.2, 0) is 27.5 Å². The number of thioether (sulfide) groups is 1. The second-order valence-electron chi connectivity index (χ2n) is 7.49. The Morgan fingerprint density at radius 3 is 2.66 bits per heavy atom. The monoisotopic (exact) mass is 580 g/mol.